The number of hydrogen-bond acceptors (Lipinski definition) is 4. The molecule has 5 heteroatoms. The van der Waals surface area contributed by atoms with Crippen LogP contribution in [0.15, 0.2) is 16.7 Å². The number of pyridine rings is 1. The van der Waals surface area contributed by atoms with E-state index in [1.54, 1.807) is 6.20 Å². The van der Waals surface area contributed by atoms with Crippen LogP contribution in [0.3, 0.4) is 0 Å². The van der Waals surface area contributed by atoms with E-state index in [0.717, 1.165) is 28.9 Å². The molecule has 0 aromatic carbocycles. The number of aliphatic hydroxyl groups excluding tert-OH is 1. The van der Waals surface area contributed by atoms with Crippen molar-refractivity contribution in [2.75, 3.05) is 32.1 Å². The maximum absolute atomic E-state index is 9.45. The zero-order valence-corrected chi connectivity index (χ0v) is 13.1. The van der Waals surface area contributed by atoms with Gasteiger partial charge in [0.25, 0.3) is 0 Å². The standard InChI is InChI=1S/C13H22BrN3O/c1-5-17(10(2)8-16(3)4)13-11(9-18)6-12(14)7-15-13/h6-7,10,18H,5,8-9H2,1-4H3. The van der Waals surface area contributed by atoms with Gasteiger partial charge in [-0.15, -0.1) is 0 Å². The molecule has 0 fully saturated rings. The Morgan fingerprint density at radius 1 is 1.44 bits per heavy atom. The molecular formula is C13H22BrN3O. The zero-order valence-electron chi connectivity index (χ0n) is 11.5. The van der Waals surface area contributed by atoms with Crippen molar-refractivity contribution in [3.8, 4) is 0 Å². The minimum Gasteiger partial charge on any atom is -0.392 e. The number of rotatable bonds is 6. The first-order valence-corrected chi connectivity index (χ1v) is 6.95. The number of hydrogen-bond donors (Lipinski definition) is 1. The maximum Gasteiger partial charge on any atom is 0.134 e. The number of halogens is 1. The van der Waals surface area contributed by atoms with E-state index >= 15 is 0 Å². The summed E-state index contributed by atoms with van der Waals surface area (Å²) < 4.78 is 0.895. The van der Waals surface area contributed by atoms with E-state index in [0.29, 0.717) is 6.04 Å². The van der Waals surface area contributed by atoms with Crippen LogP contribution in [-0.4, -0.2) is 48.2 Å². The average Bonchev–Trinajstić information content (AvgIpc) is 2.30. The molecule has 18 heavy (non-hydrogen) atoms. The van der Waals surface area contributed by atoms with Crippen LogP contribution in [0.1, 0.15) is 19.4 Å². The fourth-order valence-electron chi connectivity index (χ4n) is 2.15. The van der Waals surface area contributed by atoms with Gasteiger partial charge in [0.2, 0.25) is 0 Å². The van der Waals surface area contributed by atoms with Gasteiger partial charge in [-0.05, 0) is 49.9 Å². The second-order valence-electron chi connectivity index (χ2n) is 4.69. The largest absolute Gasteiger partial charge is 0.392 e. The third-order valence-electron chi connectivity index (χ3n) is 2.85. The molecule has 1 rings (SSSR count). The summed E-state index contributed by atoms with van der Waals surface area (Å²) in [5, 5.41) is 9.45. The molecule has 1 aromatic rings. The molecule has 0 radical (unpaired) electrons. The Morgan fingerprint density at radius 3 is 2.61 bits per heavy atom. The van der Waals surface area contributed by atoms with E-state index < -0.39 is 0 Å². The first-order chi connectivity index (χ1) is 8.49. The normalized spacial score (nSPS) is 12.8. The third kappa shape index (κ3) is 3.93. The van der Waals surface area contributed by atoms with E-state index in [-0.39, 0.29) is 6.61 Å². The molecule has 0 amide bonds. The SMILES string of the molecule is CCN(c1ncc(Br)cc1CO)C(C)CN(C)C. The molecule has 1 aromatic heterocycles. The summed E-state index contributed by atoms with van der Waals surface area (Å²) in [7, 11) is 4.12. The number of anilines is 1. The van der Waals surface area contributed by atoms with Gasteiger partial charge in [0.05, 0.1) is 6.61 Å². The summed E-state index contributed by atoms with van der Waals surface area (Å²) in [6.07, 6.45) is 1.78. The van der Waals surface area contributed by atoms with Crippen LogP contribution in [0.25, 0.3) is 0 Å². The van der Waals surface area contributed by atoms with E-state index in [4.69, 9.17) is 0 Å². The highest BCUT2D eigenvalue weighted by Crippen LogP contribution is 2.23. The summed E-state index contributed by atoms with van der Waals surface area (Å²) in [6, 6.07) is 2.27. The molecule has 0 bridgehead atoms. The molecule has 1 unspecified atom stereocenters. The molecule has 0 aliphatic heterocycles. The predicted molar refractivity (Wildman–Crippen MR) is 78.9 cm³/mol. The first kappa shape index (κ1) is 15.4. The lowest BCUT2D eigenvalue weighted by Crippen LogP contribution is -2.41. The van der Waals surface area contributed by atoms with Crippen molar-refractivity contribution in [1.82, 2.24) is 9.88 Å². The molecule has 4 nitrogen and oxygen atoms in total. The Balaban J connectivity index is 3.00. The average molecular weight is 316 g/mol. The molecule has 0 aliphatic rings. The van der Waals surface area contributed by atoms with Crippen molar-refractivity contribution in [2.24, 2.45) is 0 Å². The second-order valence-corrected chi connectivity index (χ2v) is 5.61. The van der Waals surface area contributed by atoms with Crippen LogP contribution in [0.5, 0.6) is 0 Å². The third-order valence-corrected chi connectivity index (χ3v) is 3.29. The van der Waals surface area contributed by atoms with Crippen LogP contribution in [0.4, 0.5) is 5.82 Å². The molecule has 0 saturated heterocycles. The van der Waals surface area contributed by atoms with E-state index in [2.05, 4.69) is 58.7 Å². The van der Waals surface area contributed by atoms with Gasteiger partial charge >= 0.3 is 0 Å². The minimum absolute atomic E-state index is 0.00690. The van der Waals surface area contributed by atoms with Crippen LogP contribution >= 0.6 is 15.9 Å². The van der Waals surface area contributed by atoms with E-state index in [1.165, 1.54) is 0 Å². The molecule has 0 saturated carbocycles. The lowest BCUT2D eigenvalue weighted by molar-refractivity contribution is 0.281. The number of nitrogens with zero attached hydrogens (tertiary/aromatic N) is 3. The lowest BCUT2D eigenvalue weighted by atomic mass is 10.2. The second kappa shape index (κ2) is 7.07. The highest BCUT2D eigenvalue weighted by atomic mass is 79.9. The lowest BCUT2D eigenvalue weighted by Gasteiger charge is -2.32. The summed E-state index contributed by atoms with van der Waals surface area (Å²) >= 11 is 3.39. The molecule has 0 spiro atoms. The van der Waals surface area contributed by atoms with Gasteiger partial charge in [-0.2, -0.15) is 0 Å². The quantitative estimate of drug-likeness (QED) is 0.873. The van der Waals surface area contributed by atoms with E-state index in [1.807, 2.05) is 6.07 Å². The molecule has 1 heterocycles. The van der Waals surface area contributed by atoms with Gasteiger partial charge in [-0.3, -0.25) is 0 Å². The highest BCUT2D eigenvalue weighted by Gasteiger charge is 2.17. The Hall–Kier alpha value is -0.650. The number of likely N-dealkylation sites (N-methyl/N-ethyl adjacent to an activating group) is 2. The Morgan fingerprint density at radius 2 is 2.11 bits per heavy atom. The summed E-state index contributed by atoms with van der Waals surface area (Å²) in [4.78, 5) is 8.83. The van der Waals surface area contributed by atoms with Crippen molar-refractivity contribution in [3.63, 3.8) is 0 Å². The van der Waals surface area contributed by atoms with Gasteiger partial charge in [0, 0.05) is 35.4 Å². The molecule has 0 aliphatic carbocycles. The Kier molecular flexibility index (Phi) is 6.05. The van der Waals surface area contributed by atoms with Crippen LogP contribution in [0.2, 0.25) is 0 Å². The van der Waals surface area contributed by atoms with E-state index in [9.17, 15) is 5.11 Å². The van der Waals surface area contributed by atoms with Crippen molar-refractivity contribution < 1.29 is 5.11 Å². The van der Waals surface area contributed by atoms with Gasteiger partial charge in [-0.25, -0.2) is 4.98 Å². The minimum atomic E-state index is 0.00690. The topological polar surface area (TPSA) is 39.6 Å². The van der Waals surface area contributed by atoms with Crippen LogP contribution < -0.4 is 4.90 Å². The molecule has 1 N–H and O–H groups in total. The highest BCUT2D eigenvalue weighted by molar-refractivity contribution is 9.10. The van der Waals surface area contributed by atoms with Gasteiger partial charge in [0.15, 0.2) is 0 Å². The molecule has 1 atom stereocenters. The van der Waals surface area contributed by atoms with Gasteiger partial charge in [-0.1, -0.05) is 0 Å². The maximum atomic E-state index is 9.45. The first-order valence-electron chi connectivity index (χ1n) is 6.16. The zero-order chi connectivity index (χ0) is 13.7. The Bertz CT molecular complexity index is 384. The summed E-state index contributed by atoms with van der Waals surface area (Å²) in [6.45, 7) is 6.12. The smallest absolute Gasteiger partial charge is 0.134 e. The van der Waals surface area contributed by atoms with Crippen molar-refractivity contribution in [1.29, 1.82) is 0 Å². The fraction of sp³-hybridized carbons (Fsp3) is 0.615. The monoisotopic (exact) mass is 315 g/mol. The molecule has 102 valence electrons. The van der Waals surface area contributed by atoms with Crippen molar-refractivity contribution in [2.45, 2.75) is 26.5 Å². The summed E-state index contributed by atoms with van der Waals surface area (Å²) in [5.74, 6) is 0.873. The molecular weight excluding hydrogens is 294 g/mol. The van der Waals surface area contributed by atoms with Gasteiger partial charge in [0.1, 0.15) is 5.82 Å². The fourth-order valence-corrected chi connectivity index (χ4v) is 2.52. The van der Waals surface area contributed by atoms with Crippen LogP contribution in [0, 0.1) is 0 Å². The van der Waals surface area contributed by atoms with Crippen LogP contribution in [-0.2, 0) is 6.61 Å². The van der Waals surface area contributed by atoms with Crippen molar-refractivity contribution in [3.05, 3.63) is 22.3 Å². The Labute approximate surface area is 118 Å². The number of aliphatic hydroxyl groups is 1. The van der Waals surface area contributed by atoms with Gasteiger partial charge < -0.3 is 14.9 Å². The predicted octanol–water partition coefficient (Wildman–Crippen LogP) is 2.11. The van der Waals surface area contributed by atoms with Crippen molar-refractivity contribution >= 4 is 21.7 Å². The summed E-state index contributed by atoms with van der Waals surface area (Å²) in [5.41, 5.74) is 0.858. The number of aromatic nitrogens is 1.